The van der Waals surface area contributed by atoms with Gasteiger partial charge in [-0.05, 0) is 50.4 Å². The first-order chi connectivity index (χ1) is 9.54. The first-order valence-electron chi connectivity index (χ1n) is 7.82. The highest BCUT2D eigenvalue weighted by molar-refractivity contribution is 5.74. The van der Waals surface area contributed by atoms with Crippen LogP contribution < -0.4 is 10.6 Å². The van der Waals surface area contributed by atoms with Gasteiger partial charge in [0.1, 0.15) is 0 Å². The molecule has 3 N–H and O–H groups in total. The molecule has 0 aromatic carbocycles. The lowest BCUT2D eigenvalue weighted by atomic mass is 9.86. The number of carboxylic acids is 1. The van der Waals surface area contributed by atoms with Gasteiger partial charge < -0.3 is 15.7 Å². The van der Waals surface area contributed by atoms with Crippen LogP contribution in [-0.4, -0.2) is 29.7 Å². The molecule has 0 radical (unpaired) electrons. The van der Waals surface area contributed by atoms with Crippen LogP contribution in [0.2, 0.25) is 0 Å². The molecule has 2 fully saturated rings. The summed E-state index contributed by atoms with van der Waals surface area (Å²) in [7, 11) is 0. The van der Waals surface area contributed by atoms with E-state index in [0.29, 0.717) is 18.3 Å². The Morgan fingerprint density at radius 1 is 1.20 bits per heavy atom. The maximum atomic E-state index is 11.9. The minimum Gasteiger partial charge on any atom is -0.481 e. The van der Waals surface area contributed by atoms with Crippen molar-refractivity contribution in [3.8, 4) is 0 Å². The smallest absolute Gasteiger partial charge is 0.315 e. The molecule has 2 rings (SSSR count). The zero-order valence-corrected chi connectivity index (χ0v) is 12.3. The van der Waals surface area contributed by atoms with Gasteiger partial charge in [-0.1, -0.05) is 13.3 Å². The van der Waals surface area contributed by atoms with Gasteiger partial charge in [-0.3, -0.25) is 4.79 Å². The molecule has 2 saturated carbocycles. The fourth-order valence-electron chi connectivity index (χ4n) is 3.21. The minimum atomic E-state index is -0.705. The summed E-state index contributed by atoms with van der Waals surface area (Å²) in [4.78, 5) is 22.7. The second-order valence-corrected chi connectivity index (χ2v) is 6.46. The summed E-state index contributed by atoms with van der Waals surface area (Å²) in [5.74, 6) is -0.932. The first-order valence-corrected chi connectivity index (χ1v) is 7.82. The highest BCUT2D eigenvalue weighted by Gasteiger charge is 2.41. The van der Waals surface area contributed by atoms with Gasteiger partial charge in [0.15, 0.2) is 0 Å². The predicted octanol–water partition coefficient (Wildman–Crippen LogP) is 2.51. The van der Waals surface area contributed by atoms with E-state index >= 15 is 0 Å². The summed E-state index contributed by atoms with van der Waals surface area (Å²) in [6, 6.07) is 0.0399. The predicted molar refractivity (Wildman–Crippen MR) is 76.5 cm³/mol. The van der Waals surface area contributed by atoms with Crippen molar-refractivity contribution in [1.82, 2.24) is 10.6 Å². The number of carboxylic acid groups (broad SMARTS) is 1. The Bertz CT molecular complexity index is 358. The van der Waals surface area contributed by atoms with Crippen LogP contribution in [0, 0.1) is 11.3 Å². The van der Waals surface area contributed by atoms with Crippen molar-refractivity contribution in [2.24, 2.45) is 11.3 Å². The molecule has 0 unspecified atom stereocenters. The Kier molecular flexibility index (Phi) is 4.89. The molecular weight excluding hydrogens is 256 g/mol. The standard InChI is InChI=1S/C15H26N2O3/c1-2-7-15(8-9-15)10-16-14(20)17-12-5-3-11(4-6-12)13(18)19/h11-12H,2-10H2,1H3,(H,18,19)(H2,16,17,20). The Morgan fingerprint density at radius 3 is 2.35 bits per heavy atom. The summed E-state index contributed by atoms with van der Waals surface area (Å²) in [6.07, 6.45) is 7.68. The lowest BCUT2D eigenvalue weighted by Gasteiger charge is -2.27. The number of rotatable bonds is 6. The topological polar surface area (TPSA) is 78.4 Å². The first kappa shape index (κ1) is 15.1. The van der Waals surface area contributed by atoms with Gasteiger partial charge in [0, 0.05) is 12.6 Å². The molecule has 0 atom stereocenters. The summed E-state index contributed by atoms with van der Waals surface area (Å²) in [5, 5.41) is 14.9. The van der Waals surface area contributed by atoms with Crippen molar-refractivity contribution in [2.75, 3.05) is 6.54 Å². The second-order valence-electron chi connectivity index (χ2n) is 6.46. The van der Waals surface area contributed by atoms with Crippen molar-refractivity contribution in [3.63, 3.8) is 0 Å². The van der Waals surface area contributed by atoms with E-state index in [9.17, 15) is 9.59 Å². The SMILES string of the molecule is CCCC1(CNC(=O)NC2CCC(C(=O)O)CC2)CC1. The van der Waals surface area contributed by atoms with E-state index in [1.807, 2.05) is 0 Å². The molecule has 0 bridgehead atoms. The number of carbonyl (C=O) groups excluding carboxylic acids is 1. The molecule has 0 spiro atoms. The second kappa shape index (κ2) is 6.46. The quantitative estimate of drug-likeness (QED) is 0.700. The maximum absolute atomic E-state index is 11.9. The van der Waals surface area contributed by atoms with Gasteiger partial charge in [-0.25, -0.2) is 4.79 Å². The van der Waals surface area contributed by atoms with E-state index in [1.54, 1.807) is 0 Å². The molecule has 2 aliphatic rings. The largest absolute Gasteiger partial charge is 0.481 e. The van der Waals surface area contributed by atoms with Gasteiger partial charge in [0.25, 0.3) is 0 Å². The lowest BCUT2D eigenvalue weighted by molar-refractivity contribution is -0.142. The molecular formula is C15H26N2O3. The molecule has 20 heavy (non-hydrogen) atoms. The van der Waals surface area contributed by atoms with Crippen molar-refractivity contribution in [2.45, 2.75) is 64.3 Å². The third-order valence-corrected chi connectivity index (χ3v) is 4.77. The fourth-order valence-corrected chi connectivity index (χ4v) is 3.21. The van der Waals surface area contributed by atoms with E-state index in [0.717, 1.165) is 19.4 Å². The van der Waals surface area contributed by atoms with Gasteiger partial charge in [-0.15, -0.1) is 0 Å². The number of hydrogen-bond acceptors (Lipinski definition) is 2. The Balaban J connectivity index is 1.64. The van der Waals surface area contributed by atoms with E-state index in [4.69, 9.17) is 5.11 Å². The molecule has 5 nitrogen and oxygen atoms in total. The number of aliphatic carboxylic acids is 1. The normalized spacial score (nSPS) is 27.6. The van der Waals surface area contributed by atoms with Crippen molar-refractivity contribution in [1.29, 1.82) is 0 Å². The molecule has 0 aromatic rings. The molecule has 2 amide bonds. The van der Waals surface area contributed by atoms with Crippen LogP contribution in [0.15, 0.2) is 0 Å². The number of carbonyl (C=O) groups is 2. The van der Waals surface area contributed by atoms with Crippen LogP contribution in [0.1, 0.15) is 58.3 Å². The van der Waals surface area contributed by atoms with Crippen molar-refractivity contribution >= 4 is 12.0 Å². The average Bonchev–Trinajstić information content (AvgIpc) is 3.18. The fraction of sp³-hybridized carbons (Fsp3) is 0.867. The van der Waals surface area contributed by atoms with Crippen LogP contribution in [-0.2, 0) is 4.79 Å². The van der Waals surface area contributed by atoms with Crippen molar-refractivity contribution < 1.29 is 14.7 Å². The average molecular weight is 282 g/mol. The van der Waals surface area contributed by atoms with Gasteiger partial charge >= 0.3 is 12.0 Å². The molecule has 0 aromatic heterocycles. The summed E-state index contributed by atoms with van der Waals surface area (Å²) in [5.41, 5.74) is 0.368. The monoisotopic (exact) mass is 282 g/mol. The maximum Gasteiger partial charge on any atom is 0.315 e. The molecule has 0 aliphatic heterocycles. The summed E-state index contributed by atoms with van der Waals surface area (Å²) >= 11 is 0. The Labute approximate surface area is 120 Å². The van der Waals surface area contributed by atoms with E-state index in [2.05, 4.69) is 17.6 Å². The minimum absolute atomic E-state index is 0.0915. The summed E-state index contributed by atoms with van der Waals surface area (Å²) in [6.45, 7) is 2.96. The molecule has 0 saturated heterocycles. The molecule has 114 valence electrons. The Hall–Kier alpha value is -1.26. The van der Waals surface area contributed by atoms with Gasteiger partial charge in [0.2, 0.25) is 0 Å². The number of urea groups is 1. The van der Waals surface area contributed by atoms with E-state index < -0.39 is 5.97 Å². The zero-order chi connectivity index (χ0) is 14.6. The Morgan fingerprint density at radius 2 is 1.85 bits per heavy atom. The van der Waals surface area contributed by atoms with Crippen LogP contribution in [0.3, 0.4) is 0 Å². The molecule has 5 heteroatoms. The number of nitrogens with one attached hydrogen (secondary N) is 2. The third-order valence-electron chi connectivity index (χ3n) is 4.77. The number of hydrogen-bond donors (Lipinski definition) is 3. The van der Waals surface area contributed by atoms with Crippen molar-refractivity contribution in [3.05, 3.63) is 0 Å². The van der Waals surface area contributed by atoms with E-state index in [-0.39, 0.29) is 18.0 Å². The highest BCUT2D eigenvalue weighted by atomic mass is 16.4. The van der Waals surface area contributed by atoms with E-state index in [1.165, 1.54) is 25.7 Å². The summed E-state index contributed by atoms with van der Waals surface area (Å²) < 4.78 is 0. The van der Waals surface area contributed by atoms with Gasteiger partial charge in [0.05, 0.1) is 5.92 Å². The zero-order valence-electron chi connectivity index (χ0n) is 12.3. The number of amides is 2. The molecule has 0 heterocycles. The van der Waals surface area contributed by atoms with Crippen LogP contribution >= 0.6 is 0 Å². The molecule has 2 aliphatic carbocycles. The third kappa shape index (κ3) is 4.12. The lowest BCUT2D eigenvalue weighted by Crippen LogP contribution is -2.45. The highest BCUT2D eigenvalue weighted by Crippen LogP contribution is 2.48. The van der Waals surface area contributed by atoms with Gasteiger partial charge in [-0.2, -0.15) is 0 Å². The van der Waals surface area contributed by atoms with Crippen LogP contribution in [0.4, 0.5) is 4.79 Å². The van der Waals surface area contributed by atoms with Crippen LogP contribution in [0.5, 0.6) is 0 Å². The van der Waals surface area contributed by atoms with Crippen LogP contribution in [0.25, 0.3) is 0 Å².